The summed E-state index contributed by atoms with van der Waals surface area (Å²) in [6, 6.07) is 6.51. The smallest absolute Gasteiger partial charge is 0.367 e. The molecule has 2 N–H and O–H groups in total. The van der Waals surface area contributed by atoms with Crippen LogP contribution in [0.2, 0.25) is 0 Å². The number of benzene rings is 1. The van der Waals surface area contributed by atoms with E-state index in [1.165, 1.54) is 23.5 Å². The zero-order chi connectivity index (χ0) is 18.6. The van der Waals surface area contributed by atoms with Gasteiger partial charge in [0.15, 0.2) is 0 Å². The number of aromatic nitrogens is 1. The summed E-state index contributed by atoms with van der Waals surface area (Å²) in [7, 11) is -1.76. The summed E-state index contributed by atoms with van der Waals surface area (Å²) < 4.78 is 27.6. The molecule has 1 aromatic heterocycles. The SMILES string of the molecule is CCOC(=O)c1nc(CN(C)[C@H](C)c2ccc(S(N)(=O)=O)cc2)cs1. The molecule has 136 valence electrons. The molecule has 0 saturated heterocycles. The van der Waals surface area contributed by atoms with Crippen LogP contribution in [-0.2, 0) is 21.3 Å². The van der Waals surface area contributed by atoms with Crippen LogP contribution in [0.5, 0.6) is 0 Å². The lowest BCUT2D eigenvalue weighted by Crippen LogP contribution is -2.22. The Morgan fingerprint density at radius 3 is 2.56 bits per heavy atom. The molecular weight excluding hydrogens is 362 g/mol. The number of primary sulfonamides is 1. The van der Waals surface area contributed by atoms with Crippen LogP contribution >= 0.6 is 11.3 Å². The molecule has 0 unspecified atom stereocenters. The van der Waals surface area contributed by atoms with Gasteiger partial charge in [-0.15, -0.1) is 11.3 Å². The molecule has 0 saturated carbocycles. The predicted molar refractivity (Wildman–Crippen MR) is 95.8 cm³/mol. The van der Waals surface area contributed by atoms with Gasteiger partial charge in [-0.1, -0.05) is 12.1 Å². The summed E-state index contributed by atoms with van der Waals surface area (Å²) in [6.45, 7) is 4.63. The first-order valence-electron chi connectivity index (χ1n) is 7.67. The van der Waals surface area contributed by atoms with Crippen LogP contribution in [0.3, 0.4) is 0 Å². The fraction of sp³-hybridized carbons (Fsp3) is 0.375. The van der Waals surface area contributed by atoms with Crippen molar-refractivity contribution in [2.75, 3.05) is 13.7 Å². The van der Waals surface area contributed by atoms with Gasteiger partial charge in [0.2, 0.25) is 15.0 Å². The molecule has 0 aliphatic carbocycles. The van der Waals surface area contributed by atoms with E-state index in [0.717, 1.165) is 11.3 Å². The Balaban J connectivity index is 2.05. The van der Waals surface area contributed by atoms with Crippen molar-refractivity contribution in [2.24, 2.45) is 5.14 Å². The number of thiazole rings is 1. The number of sulfonamides is 1. The molecule has 0 amide bonds. The highest BCUT2D eigenvalue weighted by molar-refractivity contribution is 7.89. The molecule has 7 nitrogen and oxygen atoms in total. The van der Waals surface area contributed by atoms with E-state index in [0.29, 0.717) is 18.2 Å². The van der Waals surface area contributed by atoms with E-state index in [9.17, 15) is 13.2 Å². The minimum Gasteiger partial charge on any atom is -0.461 e. The van der Waals surface area contributed by atoms with Gasteiger partial charge in [-0.3, -0.25) is 4.90 Å². The topological polar surface area (TPSA) is 103 Å². The highest BCUT2D eigenvalue weighted by atomic mass is 32.2. The van der Waals surface area contributed by atoms with E-state index in [-0.39, 0.29) is 10.9 Å². The summed E-state index contributed by atoms with van der Waals surface area (Å²) in [4.78, 5) is 18.1. The van der Waals surface area contributed by atoms with Gasteiger partial charge >= 0.3 is 5.97 Å². The molecule has 1 aromatic carbocycles. The minimum atomic E-state index is -3.69. The standard InChI is InChI=1S/C16H21N3O4S2/c1-4-23-16(20)15-18-13(10-24-15)9-19(3)11(2)12-5-7-14(8-6-12)25(17,21)22/h5-8,10-11H,4,9H2,1-3H3,(H2,17,21,22)/t11-/m1/s1. The second-order valence-electron chi connectivity index (χ2n) is 5.57. The lowest BCUT2D eigenvalue weighted by molar-refractivity contribution is 0.0525. The highest BCUT2D eigenvalue weighted by Crippen LogP contribution is 2.22. The molecule has 25 heavy (non-hydrogen) atoms. The summed E-state index contributed by atoms with van der Waals surface area (Å²) >= 11 is 1.26. The van der Waals surface area contributed by atoms with Gasteiger partial charge in [0, 0.05) is 18.0 Å². The van der Waals surface area contributed by atoms with Gasteiger partial charge in [0.05, 0.1) is 17.2 Å². The molecule has 2 rings (SSSR count). The van der Waals surface area contributed by atoms with Crippen molar-refractivity contribution in [1.82, 2.24) is 9.88 Å². The van der Waals surface area contributed by atoms with Gasteiger partial charge in [0.25, 0.3) is 0 Å². The molecule has 0 aliphatic rings. The van der Waals surface area contributed by atoms with Crippen LogP contribution in [0.4, 0.5) is 0 Å². The quantitative estimate of drug-likeness (QED) is 0.735. The Bertz CT molecular complexity index is 831. The maximum Gasteiger partial charge on any atom is 0.367 e. The maximum atomic E-state index is 11.7. The second kappa shape index (κ2) is 8.05. The van der Waals surface area contributed by atoms with Gasteiger partial charge in [0.1, 0.15) is 0 Å². The van der Waals surface area contributed by atoms with E-state index in [1.54, 1.807) is 19.1 Å². The van der Waals surface area contributed by atoms with Crippen LogP contribution in [0.1, 0.15) is 40.9 Å². The Hall–Kier alpha value is -1.81. The molecule has 0 fully saturated rings. The van der Waals surface area contributed by atoms with Crippen molar-refractivity contribution in [3.05, 3.63) is 45.9 Å². The zero-order valence-electron chi connectivity index (χ0n) is 14.3. The van der Waals surface area contributed by atoms with Gasteiger partial charge in [-0.2, -0.15) is 0 Å². The molecule has 9 heteroatoms. The second-order valence-corrected chi connectivity index (χ2v) is 7.99. The maximum absolute atomic E-state index is 11.7. The highest BCUT2D eigenvalue weighted by Gasteiger charge is 2.17. The molecule has 0 spiro atoms. The molecule has 1 atom stereocenters. The van der Waals surface area contributed by atoms with Gasteiger partial charge < -0.3 is 4.74 Å². The molecule has 0 bridgehead atoms. The van der Waals surface area contributed by atoms with Crippen molar-refractivity contribution in [3.8, 4) is 0 Å². The summed E-state index contributed by atoms with van der Waals surface area (Å²) in [5, 5.41) is 7.29. The molecular formula is C16H21N3O4S2. The van der Waals surface area contributed by atoms with Crippen molar-refractivity contribution < 1.29 is 17.9 Å². The van der Waals surface area contributed by atoms with Crippen molar-refractivity contribution in [1.29, 1.82) is 0 Å². The molecule has 2 aromatic rings. The van der Waals surface area contributed by atoms with Crippen LogP contribution in [-0.4, -0.2) is 37.9 Å². The Morgan fingerprint density at radius 1 is 1.36 bits per heavy atom. The fourth-order valence-electron chi connectivity index (χ4n) is 2.25. The third kappa shape index (κ3) is 5.08. The number of rotatable bonds is 7. The van der Waals surface area contributed by atoms with E-state index in [1.807, 2.05) is 19.4 Å². The first kappa shape index (κ1) is 19.5. The number of hydrogen-bond donors (Lipinski definition) is 1. The third-order valence-electron chi connectivity index (χ3n) is 3.77. The van der Waals surface area contributed by atoms with Crippen LogP contribution in [0.15, 0.2) is 34.5 Å². The molecule has 0 aliphatic heterocycles. The number of ether oxygens (including phenoxy) is 1. The third-order valence-corrected chi connectivity index (χ3v) is 5.57. The van der Waals surface area contributed by atoms with Crippen LogP contribution in [0.25, 0.3) is 0 Å². The fourth-order valence-corrected chi connectivity index (χ4v) is 3.46. The number of carbonyl (C=O) groups excluding carboxylic acids is 1. The van der Waals surface area contributed by atoms with Crippen molar-refractivity contribution in [3.63, 3.8) is 0 Å². The van der Waals surface area contributed by atoms with Gasteiger partial charge in [-0.25, -0.2) is 23.3 Å². The Kier molecular flexibility index (Phi) is 6.28. The molecule has 0 radical (unpaired) electrons. The number of esters is 1. The number of nitrogens with two attached hydrogens (primary N) is 1. The Morgan fingerprint density at radius 2 is 2.00 bits per heavy atom. The van der Waals surface area contributed by atoms with E-state index >= 15 is 0 Å². The van der Waals surface area contributed by atoms with Gasteiger partial charge in [-0.05, 0) is 38.6 Å². The van der Waals surface area contributed by atoms with Crippen molar-refractivity contribution >= 4 is 27.3 Å². The average Bonchev–Trinajstić information content (AvgIpc) is 3.02. The van der Waals surface area contributed by atoms with E-state index in [2.05, 4.69) is 9.88 Å². The number of carbonyl (C=O) groups is 1. The molecule has 1 heterocycles. The number of nitrogens with zero attached hydrogens (tertiary/aromatic N) is 2. The number of hydrogen-bond acceptors (Lipinski definition) is 7. The average molecular weight is 383 g/mol. The Labute approximate surface area is 151 Å². The van der Waals surface area contributed by atoms with Crippen LogP contribution in [0, 0.1) is 0 Å². The first-order valence-corrected chi connectivity index (χ1v) is 10.1. The zero-order valence-corrected chi connectivity index (χ0v) is 15.9. The van der Waals surface area contributed by atoms with Crippen molar-refractivity contribution in [2.45, 2.75) is 31.3 Å². The normalized spacial score (nSPS) is 13.0. The lowest BCUT2D eigenvalue weighted by atomic mass is 10.1. The van der Waals surface area contributed by atoms with E-state index < -0.39 is 16.0 Å². The summed E-state index contributed by atoms with van der Waals surface area (Å²) in [5.41, 5.74) is 1.74. The monoisotopic (exact) mass is 383 g/mol. The minimum absolute atomic E-state index is 0.0299. The predicted octanol–water partition coefficient (Wildman–Crippen LogP) is 2.16. The summed E-state index contributed by atoms with van der Waals surface area (Å²) in [6.07, 6.45) is 0. The first-order chi connectivity index (χ1) is 11.7. The lowest BCUT2D eigenvalue weighted by Gasteiger charge is -2.24. The summed E-state index contributed by atoms with van der Waals surface area (Å²) in [5.74, 6) is -0.409. The van der Waals surface area contributed by atoms with Crippen LogP contribution < -0.4 is 5.14 Å². The largest absolute Gasteiger partial charge is 0.461 e. The van der Waals surface area contributed by atoms with E-state index in [4.69, 9.17) is 9.88 Å².